The van der Waals surface area contributed by atoms with Crippen LogP contribution in [0.4, 0.5) is 11.5 Å². The summed E-state index contributed by atoms with van der Waals surface area (Å²) in [5, 5.41) is 12.3. The van der Waals surface area contributed by atoms with Crippen LogP contribution in [-0.2, 0) is 6.54 Å². The maximum Gasteiger partial charge on any atom is 0.151 e. The van der Waals surface area contributed by atoms with Gasteiger partial charge in [0.05, 0.1) is 24.0 Å². The van der Waals surface area contributed by atoms with Crippen LogP contribution in [0.15, 0.2) is 36.5 Å². The van der Waals surface area contributed by atoms with Crippen molar-refractivity contribution in [1.82, 2.24) is 4.98 Å². The van der Waals surface area contributed by atoms with Crippen molar-refractivity contribution in [2.24, 2.45) is 0 Å². The first-order valence-electron chi connectivity index (χ1n) is 7.69. The molecule has 0 saturated carbocycles. The molecule has 4 nitrogen and oxygen atoms in total. The Morgan fingerprint density at radius 2 is 2.09 bits per heavy atom. The summed E-state index contributed by atoms with van der Waals surface area (Å²) in [4.78, 5) is 6.78. The second-order valence-corrected chi connectivity index (χ2v) is 5.75. The second kappa shape index (κ2) is 6.07. The number of nitriles is 1. The van der Waals surface area contributed by atoms with E-state index in [1.54, 1.807) is 0 Å². The van der Waals surface area contributed by atoms with Crippen LogP contribution in [0.2, 0.25) is 0 Å². The molecule has 1 aliphatic rings. The average Bonchev–Trinajstić information content (AvgIpc) is 2.98. The molecule has 1 aliphatic heterocycles. The highest BCUT2D eigenvalue weighted by Crippen LogP contribution is 2.38. The number of pyridine rings is 1. The predicted octanol–water partition coefficient (Wildman–Crippen LogP) is 3.86. The Labute approximate surface area is 131 Å². The normalized spacial score (nSPS) is 14.1. The molecule has 4 heteroatoms. The predicted molar refractivity (Wildman–Crippen MR) is 88.8 cm³/mol. The largest absolute Gasteiger partial charge is 0.351 e. The van der Waals surface area contributed by atoms with Crippen LogP contribution in [0.5, 0.6) is 0 Å². The Balaban J connectivity index is 1.88. The minimum Gasteiger partial charge on any atom is -0.351 e. The fourth-order valence-electron chi connectivity index (χ4n) is 2.84. The van der Waals surface area contributed by atoms with Crippen LogP contribution >= 0.6 is 0 Å². The van der Waals surface area contributed by atoms with Gasteiger partial charge in [0.15, 0.2) is 5.82 Å². The van der Waals surface area contributed by atoms with E-state index >= 15 is 0 Å². The lowest BCUT2D eigenvalue weighted by atomic mass is 9.97. The fourth-order valence-corrected chi connectivity index (χ4v) is 2.84. The molecule has 1 aromatic heterocycles. The third kappa shape index (κ3) is 2.62. The molecule has 3 rings (SSSR count). The lowest BCUT2D eigenvalue weighted by Crippen LogP contribution is -2.23. The van der Waals surface area contributed by atoms with Crippen LogP contribution in [0.3, 0.4) is 0 Å². The van der Waals surface area contributed by atoms with Gasteiger partial charge in [-0.1, -0.05) is 26.0 Å². The average molecular weight is 292 g/mol. The van der Waals surface area contributed by atoms with Gasteiger partial charge in [0, 0.05) is 12.7 Å². The van der Waals surface area contributed by atoms with E-state index in [2.05, 4.69) is 41.2 Å². The molecule has 1 N–H and O–H groups in total. The standard InChI is InChI=1S/C18H20N4/c1-3-13(2)16-8-9-20-18-17(16)22(12-21-18)11-15-6-4-14(10-19)5-7-15/h4-9,13H,3,11-12H2,1-2H3,(H,20,21). The van der Waals surface area contributed by atoms with Crippen LogP contribution in [-0.4, -0.2) is 11.7 Å². The highest BCUT2D eigenvalue weighted by molar-refractivity contribution is 5.75. The summed E-state index contributed by atoms with van der Waals surface area (Å²) in [6, 6.07) is 12.1. The number of aromatic nitrogens is 1. The van der Waals surface area contributed by atoms with Crippen LogP contribution < -0.4 is 10.2 Å². The summed E-state index contributed by atoms with van der Waals surface area (Å²) in [7, 11) is 0. The zero-order valence-electron chi connectivity index (χ0n) is 13.0. The second-order valence-electron chi connectivity index (χ2n) is 5.75. The van der Waals surface area contributed by atoms with Gasteiger partial charge in [0.2, 0.25) is 0 Å². The number of rotatable bonds is 4. The first kappa shape index (κ1) is 14.4. The van der Waals surface area contributed by atoms with E-state index in [4.69, 9.17) is 5.26 Å². The topological polar surface area (TPSA) is 52.0 Å². The van der Waals surface area contributed by atoms with E-state index in [0.717, 1.165) is 25.5 Å². The van der Waals surface area contributed by atoms with Crippen molar-refractivity contribution in [3.05, 3.63) is 53.2 Å². The number of nitrogens with one attached hydrogen (secondary N) is 1. The monoisotopic (exact) mass is 292 g/mol. The Morgan fingerprint density at radius 3 is 2.77 bits per heavy atom. The Morgan fingerprint density at radius 1 is 1.32 bits per heavy atom. The summed E-state index contributed by atoms with van der Waals surface area (Å²) in [6.45, 7) is 6.06. The molecule has 1 aromatic carbocycles. The molecule has 0 amide bonds. The maximum absolute atomic E-state index is 8.89. The summed E-state index contributed by atoms with van der Waals surface area (Å²) >= 11 is 0. The molecule has 0 aliphatic carbocycles. The van der Waals surface area contributed by atoms with Gasteiger partial charge in [0.25, 0.3) is 0 Å². The van der Waals surface area contributed by atoms with Gasteiger partial charge in [-0.2, -0.15) is 5.26 Å². The van der Waals surface area contributed by atoms with E-state index in [0.29, 0.717) is 11.5 Å². The summed E-state index contributed by atoms with van der Waals surface area (Å²) in [5.74, 6) is 1.49. The third-order valence-corrected chi connectivity index (χ3v) is 4.31. The van der Waals surface area contributed by atoms with Crippen LogP contribution in [0.25, 0.3) is 0 Å². The van der Waals surface area contributed by atoms with Crippen LogP contribution in [0, 0.1) is 11.3 Å². The SMILES string of the molecule is CCC(C)c1ccnc2c1N(Cc1ccc(C#N)cc1)CN2. The van der Waals surface area contributed by atoms with Crippen molar-refractivity contribution in [3.63, 3.8) is 0 Å². The highest BCUT2D eigenvalue weighted by atomic mass is 15.3. The zero-order valence-corrected chi connectivity index (χ0v) is 13.0. The number of fused-ring (bicyclic) bond motifs is 1. The van der Waals surface area contributed by atoms with Gasteiger partial charge >= 0.3 is 0 Å². The molecule has 0 saturated heterocycles. The van der Waals surface area contributed by atoms with E-state index < -0.39 is 0 Å². The maximum atomic E-state index is 8.89. The molecule has 1 unspecified atom stereocenters. The molecule has 0 fully saturated rings. The van der Waals surface area contributed by atoms with E-state index in [1.165, 1.54) is 16.8 Å². The summed E-state index contributed by atoms with van der Waals surface area (Å²) < 4.78 is 0. The molecular formula is C18H20N4. The van der Waals surface area contributed by atoms with Gasteiger partial charge in [-0.3, -0.25) is 0 Å². The van der Waals surface area contributed by atoms with Crippen molar-refractivity contribution in [2.45, 2.75) is 32.7 Å². The Hall–Kier alpha value is -2.54. The molecule has 22 heavy (non-hydrogen) atoms. The molecular weight excluding hydrogens is 272 g/mol. The molecule has 1 atom stereocenters. The van der Waals surface area contributed by atoms with Gasteiger partial charge < -0.3 is 10.2 Å². The number of nitrogens with zero attached hydrogens (tertiary/aromatic N) is 3. The lowest BCUT2D eigenvalue weighted by molar-refractivity contribution is 0.726. The van der Waals surface area contributed by atoms with Gasteiger partial charge in [-0.15, -0.1) is 0 Å². The Kier molecular flexibility index (Phi) is 3.97. The quantitative estimate of drug-likeness (QED) is 0.929. The third-order valence-electron chi connectivity index (χ3n) is 4.31. The first-order chi connectivity index (χ1) is 10.7. The van der Waals surface area contributed by atoms with Gasteiger partial charge in [-0.25, -0.2) is 4.98 Å². The first-order valence-corrected chi connectivity index (χ1v) is 7.69. The molecule has 112 valence electrons. The molecule has 0 bridgehead atoms. The molecule has 2 heterocycles. The minimum absolute atomic E-state index is 0.514. The van der Waals surface area contributed by atoms with Crippen molar-refractivity contribution in [1.29, 1.82) is 5.26 Å². The van der Waals surface area contributed by atoms with Gasteiger partial charge in [-0.05, 0) is 41.7 Å². The number of anilines is 2. The summed E-state index contributed by atoms with van der Waals surface area (Å²) in [5.41, 5.74) is 4.48. The van der Waals surface area contributed by atoms with E-state index in [9.17, 15) is 0 Å². The van der Waals surface area contributed by atoms with Crippen molar-refractivity contribution >= 4 is 11.5 Å². The van der Waals surface area contributed by atoms with E-state index in [1.807, 2.05) is 30.5 Å². The van der Waals surface area contributed by atoms with Crippen molar-refractivity contribution < 1.29 is 0 Å². The molecule has 2 aromatic rings. The molecule has 0 radical (unpaired) electrons. The number of benzene rings is 1. The summed E-state index contributed by atoms with van der Waals surface area (Å²) in [6.07, 6.45) is 3.00. The minimum atomic E-state index is 0.514. The van der Waals surface area contributed by atoms with Crippen molar-refractivity contribution in [3.8, 4) is 6.07 Å². The lowest BCUT2D eigenvalue weighted by Gasteiger charge is -2.22. The molecule has 0 spiro atoms. The fraction of sp³-hybridized carbons (Fsp3) is 0.333. The number of hydrogen-bond acceptors (Lipinski definition) is 4. The van der Waals surface area contributed by atoms with Crippen LogP contribution in [0.1, 0.15) is 42.9 Å². The van der Waals surface area contributed by atoms with E-state index in [-0.39, 0.29) is 0 Å². The number of hydrogen-bond donors (Lipinski definition) is 1. The zero-order chi connectivity index (χ0) is 15.5. The highest BCUT2D eigenvalue weighted by Gasteiger charge is 2.24. The Bertz CT molecular complexity index is 700. The smallest absolute Gasteiger partial charge is 0.151 e. The van der Waals surface area contributed by atoms with Crippen molar-refractivity contribution in [2.75, 3.05) is 16.9 Å². The van der Waals surface area contributed by atoms with Gasteiger partial charge in [0.1, 0.15) is 0 Å².